The van der Waals surface area contributed by atoms with Gasteiger partial charge in [0.2, 0.25) is 11.8 Å². The summed E-state index contributed by atoms with van der Waals surface area (Å²) >= 11 is 0. The number of carbonyl (C=O) groups is 2. The summed E-state index contributed by atoms with van der Waals surface area (Å²) in [5.74, 6) is 0.292. The van der Waals surface area contributed by atoms with Crippen LogP contribution in [0.25, 0.3) is 11.0 Å². The molecule has 0 radical (unpaired) electrons. The van der Waals surface area contributed by atoms with E-state index in [0.29, 0.717) is 13.1 Å². The predicted octanol–water partition coefficient (Wildman–Crippen LogP) is 0.726. The van der Waals surface area contributed by atoms with Gasteiger partial charge in [-0.05, 0) is 19.1 Å². The third-order valence-corrected chi connectivity index (χ3v) is 3.10. The number of amides is 2. The van der Waals surface area contributed by atoms with Crippen LogP contribution in [0, 0.1) is 6.92 Å². The number of rotatable bonds is 6. The third kappa shape index (κ3) is 3.34. The number of primary amides is 1. The number of nitrogens with one attached hydrogen (secondary N) is 1. The fraction of sp³-hybridized carbons (Fsp3) is 0.357. The molecule has 0 saturated carbocycles. The summed E-state index contributed by atoms with van der Waals surface area (Å²) in [6, 6.07) is 7.88. The highest BCUT2D eigenvalue weighted by Gasteiger charge is 2.07. The number of benzene rings is 1. The van der Waals surface area contributed by atoms with Gasteiger partial charge in [0.1, 0.15) is 5.82 Å². The highest BCUT2D eigenvalue weighted by Crippen LogP contribution is 2.14. The predicted molar refractivity (Wildman–Crippen MR) is 75.9 cm³/mol. The molecule has 0 unspecified atom stereocenters. The number of aromatic nitrogens is 2. The number of carbonyl (C=O) groups excluding carboxylic acids is 2. The van der Waals surface area contributed by atoms with Gasteiger partial charge in [0, 0.05) is 25.9 Å². The Bertz CT molecular complexity index is 633. The minimum Gasteiger partial charge on any atom is -0.370 e. The number of hydrogen-bond donors (Lipinski definition) is 2. The molecule has 0 spiro atoms. The molecule has 6 heteroatoms. The van der Waals surface area contributed by atoms with Crippen molar-refractivity contribution in [1.82, 2.24) is 14.9 Å². The number of hydrogen-bond acceptors (Lipinski definition) is 3. The van der Waals surface area contributed by atoms with Gasteiger partial charge >= 0.3 is 0 Å². The van der Waals surface area contributed by atoms with Gasteiger partial charge in [0.15, 0.2) is 0 Å². The molecule has 0 aliphatic carbocycles. The number of imidazole rings is 1. The minimum absolute atomic E-state index is 0.0822. The Hall–Kier alpha value is -2.37. The molecule has 0 bridgehead atoms. The van der Waals surface area contributed by atoms with Gasteiger partial charge in [0.05, 0.1) is 11.0 Å². The zero-order chi connectivity index (χ0) is 14.5. The van der Waals surface area contributed by atoms with Crippen LogP contribution in [0.2, 0.25) is 0 Å². The van der Waals surface area contributed by atoms with Crippen LogP contribution in [-0.2, 0) is 16.1 Å². The van der Waals surface area contributed by atoms with E-state index in [4.69, 9.17) is 5.73 Å². The van der Waals surface area contributed by atoms with Gasteiger partial charge in [-0.15, -0.1) is 0 Å². The first kappa shape index (κ1) is 14.0. The van der Waals surface area contributed by atoms with Gasteiger partial charge in [-0.1, -0.05) is 12.1 Å². The molecule has 0 saturated heterocycles. The van der Waals surface area contributed by atoms with Gasteiger partial charge in [-0.2, -0.15) is 0 Å². The van der Waals surface area contributed by atoms with Gasteiger partial charge < -0.3 is 15.6 Å². The highest BCUT2D eigenvalue weighted by atomic mass is 16.2. The van der Waals surface area contributed by atoms with Crippen molar-refractivity contribution in [1.29, 1.82) is 0 Å². The Morgan fingerprint density at radius 1 is 1.30 bits per heavy atom. The zero-order valence-corrected chi connectivity index (χ0v) is 11.4. The Kier molecular flexibility index (Phi) is 4.34. The van der Waals surface area contributed by atoms with E-state index in [1.54, 1.807) is 0 Å². The summed E-state index contributed by atoms with van der Waals surface area (Å²) in [6.45, 7) is 3.09. The average Bonchev–Trinajstić information content (AvgIpc) is 2.73. The Labute approximate surface area is 117 Å². The molecule has 2 aromatic rings. The molecule has 6 nitrogen and oxygen atoms in total. The smallest absolute Gasteiger partial charge is 0.220 e. The molecule has 3 N–H and O–H groups in total. The van der Waals surface area contributed by atoms with Crippen LogP contribution in [0.1, 0.15) is 18.7 Å². The van der Waals surface area contributed by atoms with Crippen molar-refractivity contribution in [3.05, 3.63) is 30.1 Å². The molecule has 0 aliphatic heterocycles. The van der Waals surface area contributed by atoms with Gasteiger partial charge in [0.25, 0.3) is 0 Å². The second-order valence-corrected chi connectivity index (χ2v) is 4.62. The maximum atomic E-state index is 11.5. The van der Waals surface area contributed by atoms with Crippen LogP contribution in [-0.4, -0.2) is 27.9 Å². The lowest BCUT2D eigenvalue weighted by Crippen LogP contribution is -2.28. The molecule has 106 valence electrons. The second-order valence-electron chi connectivity index (χ2n) is 4.62. The molecular formula is C14H18N4O2. The SMILES string of the molecule is Cc1nc2ccccc2n1CCNC(=O)CCC(N)=O. The lowest BCUT2D eigenvalue weighted by atomic mass is 10.3. The summed E-state index contributed by atoms with van der Waals surface area (Å²) in [4.78, 5) is 26.5. The van der Waals surface area contributed by atoms with Gasteiger partial charge in [-0.25, -0.2) is 4.98 Å². The van der Waals surface area contributed by atoms with E-state index in [1.165, 1.54) is 0 Å². The summed E-state index contributed by atoms with van der Waals surface area (Å²) in [5, 5.41) is 2.77. The van der Waals surface area contributed by atoms with Crippen molar-refractivity contribution < 1.29 is 9.59 Å². The van der Waals surface area contributed by atoms with E-state index in [-0.39, 0.29) is 18.7 Å². The van der Waals surface area contributed by atoms with Crippen molar-refractivity contribution >= 4 is 22.8 Å². The number of para-hydroxylation sites is 2. The number of nitrogens with two attached hydrogens (primary N) is 1. The largest absolute Gasteiger partial charge is 0.370 e. The first-order valence-corrected chi connectivity index (χ1v) is 6.55. The normalized spacial score (nSPS) is 10.7. The molecule has 0 fully saturated rings. The Morgan fingerprint density at radius 2 is 2.05 bits per heavy atom. The third-order valence-electron chi connectivity index (χ3n) is 3.10. The monoisotopic (exact) mass is 274 g/mol. The lowest BCUT2D eigenvalue weighted by Gasteiger charge is -2.08. The molecule has 2 rings (SSSR count). The van der Waals surface area contributed by atoms with E-state index in [1.807, 2.05) is 31.2 Å². The van der Waals surface area contributed by atoms with Crippen LogP contribution < -0.4 is 11.1 Å². The highest BCUT2D eigenvalue weighted by molar-refractivity contribution is 5.82. The van der Waals surface area contributed by atoms with Crippen molar-refractivity contribution in [2.24, 2.45) is 5.73 Å². The summed E-state index contributed by atoms with van der Waals surface area (Å²) < 4.78 is 2.06. The molecule has 1 aromatic heterocycles. The fourth-order valence-electron chi connectivity index (χ4n) is 2.11. The Morgan fingerprint density at radius 3 is 2.80 bits per heavy atom. The molecular weight excluding hydrogens is 256 g/mol. The van der Waals surface area contributed by atoms with E-state index in [2.05, 4.69) is 14.9 Å². The van der Waals surface area contributed by atoms with E-state index in [0.717, 1.165) is 16.9 Å². The zero-order valence-electron chi connectivity index (χ0n) is 11.4. The topological polar surface area (TPSA) is 90.0 Å². The Balaban J connectivity index is 1.91. The number of nitrogens with zero attached hydrogens (tertiary/aromatic N) is 2. The number of aryl methyl sites for hydroxylation is 1. The van der Waals surface area contributed by atoms with E-state index in [9.17, 15) is 9.59 Å². The standard InChI is InChI=1S/C14H18N4O2/c1-10-17-11-4-2-3-5-12(11)18(10)9-8-16-14(20)7-6-13(15)19/h2-5H,6-9H2,1H3,(H2,15,19)(H,16,20). The van der Waals surface area contributed by atoms with Gasteiger partial charge in [-0.3, -0.25) is 9.59 Å². The van der Waals surface area contributed by atoms with Crippen LogP contribution in [0.4, 0.5) is 0 Å². The molecule has 20 heavy (non-hydrogen) atoms. The van der Waals surface area contributed by atoms with Crippen molar-refractivity contribution in [3.63, 3.8) is 0 Å². The first-order valence-electron chi connectivity index (χ1n) is 6.55. The molecule has 0 aliphatic rings. The van der Waals surface area contributed by atoms with E-state index >= 15 is 0 Å². The number of fused-ring (bicyclic) bond motifs is 1. The summed E-state index contributed by atoms with van der Waals surface area (Å²) in [5.41, 5.74) is 7.00. The summed E-state index contributed by atoms with van der Waals surface area (Å²) in [6.07, 6.45) is 0.220. The molecule has 2 amide bonds. The molecule has 1 heterocycles. The minimum atomic E-state index is -0.461. The maximum Gasteiger partial charge on any atom is 0.220 e. The van der Waals surface area contributed by atoms with Crippen LogP contribution in [0.15, 0.2) is 24.3 Å². The second kappa shape index (κ2) is 6.18. The first-order chi connectivity index (χ1) is 9.58. The van der Waals surface area contributed by atoms with Crippen LogP contribution in [0.5, 0.6) is 0 Å². The van der Waals surface area contributed by atoms with Crippen molar-refractivity contribution in [2.45, 2.75) is 26.3 Å². The van der Waals surface area contributed by atoms with E-state index < -0.39 is 5.91 Å². The fourth-order valence-corrected chi connectivity index (χ4v) is 2.11. The summed E-state index contributed by atoms with van der Waals surface area (Å²) in [7, 11) is 0. The average molecular weight is 274 g/mol. The lowest BCUT2D eigenvalue weighted by molar-refractivity contribution is -0.125. The molecule has 0 atom stereocenters. The molecule has 1 aromatic carbocycles. The quantitative estimate of drug-likeness (QED) is 0.813. The van der Waals surface area contributed by atoms with Crippen LogP contribution >= 0.6 is 0 Å². The maximum absolute atomic E-state index is 11.5. The van der Waals surface area contributed by atoms with Crippen LogP contribution in [0.3, 0.4) is 0 Å². The van der Waals surface area contributed by atoms with Crippen molar-refractivity contribution in [2.75, 3.05) is 6.54 Å². The van der Waals surface area contributed by atoms with Crippen molar-refractivity contribution in [3.8, 4) is 0 Å².